The molecule has 0 radical (unpaired) electrons. The van der Waals surface area contributed by atoms with Crippen molar-refractivity contribution in [1.29, 1.82) is 0 Å². The number of hydrogen-bond donors (Lipinski definition) is 2. The van der Waals surface area contributed by atoms with Crippen LogP contribution in [0.2, 0.25) is 0 Å². The number of carbonyl (C=O) groups is 1. The largest absolute Gasteiger partial charge is 0.380 e. The number of nitrogens with one attached hydrogen (secondary N) is 1. The fraction of sp³-hybridized carbons (Fsp3) is 0.588. The molecule has 21 heavy (non-hydrogen) atoms. The first-order valence-electron chi connectivity index (χ1n) is 7.66. The molecule has 118 valence electrons. The average molecular weight is 292 g/mol. The lowest BCUT2D eigenvalue weighted by atomic mass is 9.94. The van der Waals surface area contributed by atoms with Crippen molar-refractivity contribution in [2.75, 3.05) is 13.2 Å². The van der Waals surface area contributed by atoms with Crippen LogP contribution in [0.1, 0.15) is 39.3 Å². The van der Waals surface area contributed by atoms with E-state index in [9.17, 15) is 4.79 Å². The normalized spacial score (nSPS) is 15.5. The van der Waals surface area contributed by atoms with Gasteiger partial charge in [-0.2, -0.15) is 0 Å². The summed E-state index contributed by atoms with van der Waals surface area (Å²) in [7, 11) is 0. The van der Waals surface area contributed by atoms with Crippen LogP contribution in [0.3, 0.4) is 0 Å². The van der Waals surface area contributed by atoms with Gasteiger partial charge in [-0.25, -0.2) is 0 Å². The molecule has 0 saturated heterocycles. The second-order valence-electron chi connectivity index (χ2n) is 5.74. The van der Waals surface area contributed by atoms with E-state index >= 15 is 0 Å². The number of rotatable bonds is 8. The fourth-order valence-electron chi connectivity index (χ4n) is 2.09. The minimum atomic E-state index is -0.300. The van der Waals surface area contributed by atoms with Gasteiger partial charge >= 0.3 is 0 Å². The van der Waals surface area contributed by atoms with Crippen LogP contribution >= 0.6 is 0 Å². The Balaban J connectivity index is 2.64. The monoisotopic (exact) mass is 292 g/mol. The molecule has 1 aromatic carbocycles. The molecular weight excluding hydrogens is 264 g/mol. The van der Waals surface area contributed by atoms with E-state index in [2.05, 4.69) is 19.2 Å². The van der Waals surface area contributed by atoms with Gasteiger partial charge in [0, 0.05) is 12.6 Å². The topological polar surface area (TPSA) is 64.3 Å². The van der Waals surface area contributed by atoms with Gasteiger partial charge in [-0.05, 0) is 18.4 Å². The van der Waals surface area contributed by atoms with Gasteiger partial charge in [0.25, 0.3) is 0 Å². The molecule has 4 heteroatoms. The molecule has 3 atom stereocenters. The van der Waals surface area contributed by atoms with E-state index in [1.807, 2.05) is 44.2 Å². The Hall–Kier alpha value is -1.39. The maximum Gasteiger partial charge on any atom is 0.225 e. The zero-order chi connectivity index (χ0) is 15.8. The van der Waals surface area contributed by atoms with Gasteiger partial charge in [0.1, 0.15) is 0 Å². The molecule has 0 bridgehead atoms. The van der Waals surface area contributed by atoms with Crippen LogP contribution in [-0.4, -0.2) is 25.2 Å². The van der Waals surface area contributed by atoms with Crippen molar-refractivity contribution in [3.05, 3.63) is 35.9 Å². The second kappa shape index (κ2) is 8.80. The zero-order valence-electron chi connectivity index (χ0n) is 13.5. The SMILES string of the molecule is CCOCC(NC(=O)C(C)C(N)c1ccccc1)C(C)C. The highest BCUT2D eigenvalue weighted by Gasteiger charge is 2.25. The second-order valence-corrected chi connectivity index (χ2v) is 5.74. The number of hydrogen-bond acceptors (Lipinski definition) is 3. The maximum atomic E-state index is 12.4. The summed E-state index contributed by atoms with van der Waals surface area (Å²) in [5.41, 5.74) is 7.18. The maximum absolute atomic E-state index is 12.4. The summed E-state index contributed by atoms with van der Waals surface area (Å²) in [5.74, 6) is 0.0145. The molecular formula is C17H28N2O2. The van der Waals surface area contributed by atoms with Crippen molar-refractivity contribution >= 4 is 5.91 Å². The lowest BCUT2D eigenvalue weighted by molar-refractivity contribution is -0.126. The molecule has 4 nitrogen and oxygen atoms in total. The van der Waals surface area contributed by atoms with Crippen LogP contribution in [0.5, 0.6) is 0 Å². The molecule has 0 aromatic heterocycles. The van der Waals surface area contributed by atoms with Crippen LogP contribution in [0, 0.1) is 11.8 Å². The van der Waals surface area contributed by atoms with E-state index in [4.69, 9.17) is 10.5 Å². The van der Waals surface area contributed by atoms with Gasteiger partial charge in [-0.1, -0.05) is 51.1 Å². The molecule has 3 N–H and O–H groups in total. The molecule has 1 rings (SSSR count). The molecule has 1 aromatic rings. The van der Waals surface area contributed by atoms with E-state index in [1.54, 1.807) is 0 Å². The quantitative estimate of drug-likeness (QED) is 0.773. The van der Waals surface area contributed by atoms with Gasteiger partial charge in [-0.15, -0.1) is 0 Å². The molecule has 0 saturated carbocycles. The Labute approximate surface area is 128 Å². The third-order valence-corrected chi connectivity index (χ3v) is 3.77. The molecule has 3 unspecified atom stereocenters. The summed E-state index contributed by atoms with van der Waals surface area (Å²) in [6.45, 7) is 9.15. The minimum absolute atomic E-state index is 0.0165. The smallest absolute Gasteiger partial charge is 0.225 e. The van der Waals surface area contributed by atoms with E-state index in [0.29, 0.717) is 19.1 Å². The van der Waals surface area contributed by atoms with Crippen LogP contribution in [-0.2, 0) is 9.53 Å². The van der Waals surface area contributed by atoms with Crippen molar-refractivity contribution in [1.82, 2.24) is 5.32 Å². The first-order valence-corrected chi connectivity index (χ1v) is 7.66. The number of ether oxygens (including phenoxy) is 1. The zero-order valence-corrected chi connectivity index (χ0v) is 13.5. The summed E-state index contributed by atoms with van der Waals surface area (Å²) in [5, 5.41) is 3.06. The van der Waals surface area contributed by atoms with E-state index < -0.39 is 0 Å². The highest BCUT2D eigenvalue weighted by atomic mass is 16.5. The Bertz CT molecular complexity index is 420. The summed E-state index contributed by atoms with van der Waals surface area (Å²) in [4.78, 5) is 12.4. The highest BCUT2D eigenvalue weighted by Crippen LogP contribution is 2.19. The lowest BCUT2D eigenvalue weighted by Gasteiger charge is -2.26. The standard InChI is InChI=1S/C17H28N2O2/c1-5-21-11-15(12(2)3)19-17(20)13(4)16(18)14-9-7-6-8-10-14/h6-10,12-13,15-16H,5,11,18H2,1-4H3,(H,19,20). The number of carbonyl (C=O) groups excluding carboxylic acids is 1. The van der Waals surface area contributed by atoms with Crippen LogP contribution in [0.4, 0.5) is 0 Å². The van der Waals surface area contributed by atoms with Crippen molar-refractivity contribution < 1.29 is 9.53 Å². The van der Waals surface area contributed by atoms with E-state index in [1.165, 1.54) is 0 Å². The Morgan fingerprint density at radius 1 is 1.24 bits per heavy atom. The van der Waals surface area contributed by atoms with Crippen molar-refractivity contribution in [2.24, 2.45) is 17.6 Å². The Morgan fingerprint density at radius 2 is 1.86 bits per heavy atom. The van der Waals surface area contributed by atoms with Gasteiger partial charge in [-0.3, -0.25) is 4.79 Å². The molecule has 0 aliphatic rings. The van der Waals surface area contributed by atoms with Gasteiger partial charge in [0.05, 0.1) is 18.6 Å². The van der Waals surface area contributed by atoms with Gasteiger partial charge in [0.2, 0.25) is 5.91 Å². The molecule has 0 aliphatic heterocycles. The third-order valence-electron chi connectivity index (χ3n) is 3.77. The Morgan fingerprint density at radius 3 is 2.38 bits per heavy atom. The van der Waals surface area contributed by atoms with Gasteiger partial charge in [0.15, 0.2) is 0 Å². The highest BCUT2D eigenvalue weighted by molar-refractivity contribution is 5.79. The third kappa shape index (κ3) is 5.48. The van der Waals surface area contributed by atoms with E-state index in [0.717, 1.165) is 5.56 Å². The predicted molar refractivity (Wildman–Crippen MR) is 85.8 cm³/mol. The van der Waals surface area contributed by atoms with Crippen LogP contribution < -0.4 is 11.1 Å². The predicted octanol–water partition coefficient (Wildman–Crippen LogP) is 2.50. The molecule has 0 aliphatic carbocycles. The van der Waals surface area contributed by atoms with Crippen molar-refractivity contribution in [3.63, 3.8) is 0 Å². The first kappa shape index (κ1) is 17.7. The van der Waals surface area contributed by atoms with E-state index in [-0.39, 0.29) is 23.9 Å². The molecule has 0 heterocycles. The number of nitrogens with two attached hydrogens (primary N) is 1. The first-order chi connectivity index (χ1) is 9.97. The van der Waals surface area contributed by atoms with Crippen molar-refractivity contribution in [3.8, 4) is 0 Å². The van der Waals surface area contributed by atoms with Crippen LogP contribution in [0.25, 0.3) is 0 Å². The molecule has 0 spiro atoms. The summed E-state index contributed by atoms with van der Waals surface area (Å²) in [6, 6.07) is 9.44. The minimum Gasteiger partial charge on any atom is -0.380 e. The lowest BCUT2D eigenvalue weighted by Crippen LogP contribution is -2.46. The fourth-order valence-corrected chi connectivity index (χ4v) is 2.09. The van der Waals surface area contributed by atoms with Crippen molar-refractivity contribution in [2.45, 2.75) is 39.8 Å². The molecule has 0 fully saturated rings. The molecule has 1 amide bonds. The summed E-state index contributed by atoms with van der Waals surface area (Å²) >= 11 is 0. The summed E-state index contributed by atoms with van der Waals surface area (Å²) in [6.07, 6.45) is 0. The number of amides is 1. The number of benzene rings is 1. The van der Waals surface area contributed by atoms with Gasteiger partial charge < -0.3 is 15.8 Å². The van der Waals surface area contributed by atoms with Crippen LogP contribution in [0.15, 0.2) is 30.3 Å². The Kier molecular flexibility index (Phi) is 7.40. The average Bonchev–Trinajstić information content (AvgIpc) is 2.50. The summed E-state index contributed by atoms with van der Waals surface area (Å²) < 4.78 is 5.44.